The molecule has 0 radical (unpaired) electrons. The molecule has 0 saturated carbocycles. The Morgan fingerprint density at radius 1 is 1.28 bits per heavy atom. The predicted octanol–water partition coefficient (Wildman–Crippen LogP) is 2.37. The van der Waals surface area contributed by atoms with Crippen LogP contribution < -0.4 is 5.32 Å². The van der Waals surface area contributed by atoms with Crippen LogP contribution in [0, 0.1) is 0 Å². The highest BCUT2D eigenvalue weighted by atomic mass is 32.1. The van der Waals surface area contributed by atoms with E-state index >= 15 is 0 Å². The number of carbonyl (C=O) groups excluding carboxylic acids is 1. The van der Waals surface area contributed by atoms with Crippen molar-refractivity contribution in [2.75, 3.05) is 32.0 Å². The average Bonchev–Trinajstić information content (AvgIpc) is 3.34. The lowest BCUT2D eigenvalue weighted by Gasteiger charge is -2.29. The number of fused-ring (bicyclic) bond motifs is 1. The number of amides is 1. The molecule has 2 aromatic heterocycles. The Morgan fingerprint density at radius 2 is 2.12 bits per heavy atom. The summed E-state index contributed by atoms with van der Waals surface area (Å²) in [7, 11) is 1.80. The zero-order valence-electron chi connectivity index (χ0n) is 14.5. The second-order valence-electron chi connectivity index (χ2n) is 6.66. The molecule has 4 heterocycles. The third kappa shape index (κ3) is 3.39. The number of likely N-dealkylation sites (tertiary alicyclic amines) is 1. The maximum Gasteiger partial charge on any atom is 0.273 e. The van der Waals surface area contributed by atoms with E-state index in [0.717, 1.165) is 63.2 Å². The average molecular weight is 357 g/mol. The summed E-state index contributed by atoms with van der Waals surface area (Å²) < 4.78 is 0. The number of carbonyl (C=O) groups is 1. The van der Waals surface area contributed by atoms with Crippen molar-refractivity contribution in [2.45, 2.75) is 32.4 Å². The molecule has 6 nitrogen and oxygen atoms in total. The highest BCUT2D eigenvalue weighted by Crippen LogP contribution is 2.25. The molecule has 25 heavy (non-hydrogen) atoms. The molecule has 0 aromatic carbocycles. The van der Waals surface area contributed by atoms with Crippen LogP contribution in [-0.2, 0) is 19.5 Å². The van der Waals surface area contributed by atoms with Gasteiger partial charge in [-0.15, -0.1) is 0 Å². The minimum atomic E-state index is 0.0602. The van der Waals surface area contributed by atoms with Crippen molar-refractivity contribution >= 4 is 23.2 Å². The summed E-state index contributed by atoms with van der Waals surface area (Å²) in [6.07, 6.45) is 3.03. The van der Waals surface area contributed by atoms with Crippen LogP contribution in [0.25, 0.3) is 0 Å². The van der Waals surface area contributed by atoms with E-state index in [4.69, 9.17) is 0 Å². The number of thiophene rings is 1. The van der Waals surface area contributed by atoms with Gasteiger partial charge in [0.25, 0.3) is 5.91 Å². The molecule has 2 aromatic rings. The summed E-state index contributed by atoms with van der Waals surface area (Å²) in [4.78, 5) is 26.5. The molecule has 0 unspecified atom stereocenters. The van der Waals surface area contributed by atoms with Crippen LogP contribution >= 0.6 is 11.3 Å². The molecule has 7 heteroatoms. The van der Waals surface area contributed by atoms with E-state index in [0.29, 0.717) is 11.6 Å². The van der Waals surface area contributed by atoms with Crippen molar-refractivity contribution in [1.82, 2.24) is 19.8 Å². The van der Waals surface area contributed by atoms with E-state index < -0.39 is 0 Å². The molecule has 0 spiro atoms. The summed E-state index contributed by atoms with van der Waals surface area (Å²) in [5, 5.41) is 7.30. The first kappa shape index (κ1) is 16.5. The van der Waals surface area contributed by atoms with Gasteiger partial charge >= 0.3 is 0 Å². The number of nitrogens with one attached hydrogen (secondary N) is 1. The minimum Gasteiger partial charge on any atom is -0.357 e. The van der Waals surface area contributed by atoms with Gasteiger partial charge in [-0.3, -0.25) is 9.69 Å². The van der Waals surface area contributed by atoms with Gasteiger partial charge in [0, 0.05) is 51.8 Å². The molecule has 132 valence electrons. The number of hydrogen-bond donors (Lipinski definition) is 1. The Balaban J connectivity index is 1.63. The first-order valence-corrected chi connectivity index (χ1v) is 9.79. The smallest absolute Gasteiger partial charge is 0.273 e. The first-order valence-electron chi connectivity index (χ1n) is 8.85. The molecule has 0 bridgehead atoms. The van der Waals surface area contributed by atoms with Crippen LogP contribution in [0.3, 0.4) is 0 Å². The summed E-state index contributed by atoms with van der Waals surface area (Å²) in [5.41, 5.74) is 3.95. The van der Waals surface area contributed by atoms with Crippen LogP contribution in [0.15, 0.2) is 16.8 Å². The summed E-state index contributed by atoms with van der Waals surface area (Å²) in [6, 6.07) is 2.16. The Morgan fingerprint density at radius 3 is 2.84 bits per heavy atom. The second kappa shape index (κ2) is 7.09. The minimum absolute atomic E-state index is 0.0602. The van der Waals surface area contributed by atoms with Gasteiger partial charge < -0.3 is 10.2 Å². The van der Waals surface area contributed by atoms with Crippen LogP contribution in [0.1, 0.15) is 40.2 Å². The lowest BCUT2D eigenvalue weighted by molar-refractivity contribution is 0.0783. The fourth-order valence-corrected chi connectivity index (χ4v) is 4.26. The predicted molar refractivity (Wildman–Crippen MR) is 98.9 cm³/mol. The Hall–Kier alpha value is -1.99. The molecule has 4 rings (SSSR count). The zero-order valence-corrected chi connectivity index (χ0v) is 15.3. The van der Waals surface area contributed by atoms with Gasteiger partial charge in [0.2, 0.25) is 5.95 Å². The van der Waals surface area contributed by atoms with Gasteiger partial charge in [0.1, 0.15) is 5.69 Å². The standard InChI is InChI=1S/C18H23N5OS/c1-19-18-20-15-4-8-22(10-13-5-9-25-12-13)11-14(15)16(21-18)17(24)23-6-2-3-7-23/h5,9,12H,2-4,6-8,10-11H2,1H3,(H,19,20,21). The van der Waals surface area contributed by atoms with Crippen molar-refractivity contribution in [3.05, 3.63) is 39.3 Å². The van der Waals surface area contributed by atoms with E-state index in [1.807, 2.05) is 4.90 Å². The molecule has 1 saturated heterocycles. The van der Waals surface area contributed by atoms with E-state index in [9.17, 15) is 4.79 Å². The molecule has 0 aliphatic carbocycles. The Kier molecular flexibility index (Phi) is 4.67. The van der Waals surface area contributed by atoms with Gasteiger partial charge in [-0.1, -0.05) is 0 Å². The van der Waals surface area contributed by atoms with Gasteiger partial charge in [-0.05, 0) is 35.2 Å². The maximum absolute atomic E-state index is 13.0. The van der Waals surface area contributed by atoms with Gasteiger partial charge in [-0.25, -0.2) is 9.97 Å². The van der Waals surface area contributed by atoms with Crippen LogP contribution in [0.4, 0.5) is 5.95 Å². The highest BCUT2D eigenvalue weighted by Gasteiger charge is 2.29. The van der Waals surface area contributed by atoms with Crippen molar-refractivity contribution in [1.29, 1.82) is 0 Å². The third-order valence-corrected chi connectivity index (χ3v) is 5.68. The molecule has 1 amide bonds. The van der Waals surface area contributed by atoms with Crippen LogP contribution in [0.2, 0.25) is 0 Å². The van der Waals surface area contributed by atoms with E-state index in [1.165, 1.54) is 5.56 Å². The van der Waals surface area contributed by atoms with Crippen molar-refractivity contribution in [3.8, 4) is 0 Å². The number of rotatable bonds is 4. The topological polar surface area (TPSA) is 61.4 Å². The van der Waals surface area contributed by atoms with Crippen LogP contribution in [0.5, 0.6) is 0 Å². The largest absolute Gasteiger partial charge is 0.357 e. The van der Waals surface area contributed by atoms with Gasteiger partial charge in [0.05, 0.1) is 5.69 Å². The molecule has 2 aliphatic rings. The maximum atomic E-state index is 13.0. The monoisotopic (exact) mass is 357 g/mol. The SMILES string of the molecule is CNc1nc2c(c(C(=O)N3CCCC3)n1)CN(Cc1ccsc1)CC2. The quantitative estimate of drug-likeness (QED) is 0.910. The lowest BCUT2D eigenvalue weighted by atomic mass is 10.0. The van der Waals surface area contributed by atoms with Crippen molar-refractivity contribution in [3.63, 3.8) is 0 Å². The second-order valence-corrected chi connectivity index (χ2v) is 7.44. The van der Waals surface area contributed by atoms with Crippen molar-refractivity contribution < 1.29 is 4.79 Å². The first-order chi connectivity index (χ1) is 12.2. The number of nitrogens with zero attached hydrogens (tertiary/aromatic N) is 4. The third-order valence-electron chi connectivity index (χ3n) is 4.95. The molecule has 2 aliphatic heterocycles. The normalized spacial score (nSPS) is 17.6. The zero-order chi connectivity index (χ0) is 17.2. The summed E-state index contributed by atoms with van der Waals surface area (Å²) in [5.74, 6) is 0.609. The molecular formula is C18H23N5OS. The Bertz CT molecular complexity index is 755. The number of anilines is 1. The van der Waals surface area contributed by atoms with E-state index in [2.05, 4.69) is 37.0 Å². The van der Waals surface area contributed by atoms with E-state index in [1.54, 1.807) is 18.4 Å². The van der Waals surface area contributed by atoms with E-state index in [-0.39, 0.29) is 5.91 Å². The summed E-state index contributed by atoms with van der Waals surface area (Å²) >= 11 is 1.72. The molecular weight excluding hydrogens is 334 g/mol. The van der Waals surface area contributed by atoms with Gasteiger partial charge in [-0.2, -0.15) is 11.3 Å². The fourth-order valence-electron chi connectivity index (χ4n) is 3.60. The molecule has 0 atom stereocenters. The summed E-state index contributed by atoms with van der Waals surface area (Å²) in [6.45, 7) is 4.29. The molecule has 1 N–H and O–H groups in total. The molecule has 1 fully saturated rings. The lowest BCUT2D eigenvalue weighted by Crippen LogP contribution is -2.35. The fraction of sp³-hybridized carbons (Fsp3) is 0.500. The number of hydrogen-bond acceptors (Lipinski definition) is 6. The van der Waals surface area contributed by atoms with Crippen LogP contribution in [-0.4, -0.2) is 52.4 Å². The number of aromatic nitrogens is 2. The van der Waals surface area contributed by atoms with Gasteiger partial charge in [0.15, 0.2) is 0 Å². The Labute approximate surface area is 151 Å². The highest BCUT2D eigenvalue weighted by molar-refractivity contribution is 7.07. The van der Waals surface area contributed by atoms with Crippen molar-refractivity contribution in [2.24, 2.45) is 0 Å².